The number of ether oxygens (including phenoxy) is 1. The summed E-state index contributed by atoms with van der Waals surface area (Å²) in [7, 11) is 0. The van der Waals surface area contributed by atoms with E-state index in [1.165, 1.54) is 18.5 Å². The summed E-state index contributed by atoms with van der Waals surface area (Å²) in [6, 6.07) is 19.9. The summed E-state index contributed by atoms with van der Waals surface area (Å²) in [5, 5.41) is 3.02. The number of halogens is 3. The van der Waals surface area contributed by atoms with Gasteiger partial charge in [0.05, 0.1) is 5.56 Å². The Morgan fingerprint density at radius 1 is 1.03 bits per heavy atom. The Balaban J connectivity index is 1.34. The molecule has 1 atom stereocenters. The molecule has 3 aromatic rings. The average Bonchev–Trinajstić information content (AvgIpc) is 3.44. The van der Waals surface area contributed by atoms with Crippen molar-refractivity contribution in [3.05, 3.63) is 89.7 Å². The standard InChI is InChI=1S/C27H25F3N4O3/c28-27(29,30)25-33-23(34-37-25)20-13-21(16-31-15-20)24(35)32-17-26(9-11-36-12-10-26)22-8-4-7-19(14-22)18-5-2-1-3-6-18/h1-8,13-16,23,34H,9-12,17H2,(H,32,35). The highest BCUT2D eigenvalue weighted by Gasteiger charge is 2.43. The van der Waals surface area contributed by atoms with Gasteiger partial charge < -0.3 is 14.9 Å². The Labute approximate surface area is 211 Å². The van der Waals surface area contributed by atoms with Crippen LogP contribution in [0.5, 0.6) is 0 Å². The number of carbonyl (C=O) groups is 1. The smallest absolute Gasteiger partial charge is 0.381 e. The summed E-state index contributed by atoms with van der Waals surface area (Å²) in [6.07, 6.45) is -1.63. The van der Waals surface area contributed by atoms with Gasteiger partial charge in [-0.25, -0.2) is 4.99 Å². The van der Waals surface area contributed by atoms with Crippen LogP contribution in [0.15, 0.2) is 78.0 Å². The lowest BCUT2D eigenvalue weighted by molar-refractivity contribution is -0.0807. The molecule has 3 heterocycles. The van der Waals surface area contributed by atoms with Crippen LogP contribution in [0.2, 0.25) is 0 Å². The van der Waals surface area contributed by atoms with Crippen LogP contribution in [0.1, 0.15) is 40.5 Å². The van der Waals surface area contributed by atoms with Gasteiger partial charge in [0.15, 0.2) is 6.17 Å². The molecule has 0 spiro atoms. The third-order valence-electron chi connectivity index (χ3n) is 6.71. The molecule has 7 nitrogen and oxygen atoms in total. The van der Waals surface area contributed by atoms with Gasteiger partial charge in [-0.3, -0.25) is 9.78 Å². The van der Waals surface area contributed by atoms with E-state index >= 15 is 0 Å². The maximum Gasteiger partial charge on any atom is 0.470 e. The van der Waals surface area contributed by atoms with Crippen molar-refractivity contribution in [2.24, 2.45) is 4.99 Å². The fourth-order valence-electron chi connectivity index (χ4n) is 4.63. The first-order valence-corrected chi connectivity index (χ1v) is 11.9. The number of pyridine rings is 1. The number of aliphatic imine (C=N–C) groups is 1. The molecule has 1 fully saturated rings. The zero-order valence-electron chi connectivity index (χ0n) is 19.8. The summed E-state index contributed by atoms with van der Waals surface area (Å²) < 4.78 is 44.2. The second kappa shape index (κ2) is 10.3. The second-order valence-electron chi connectivity index (χ2n) is 9.08. The van der Waals surface area contributed by atoms with Crippen LogP contribution in [-0.4, -0.2) is 42.7 Å². The van der Waals surface area contributed by atoms with E-state index in [9.17, 15) is 18.0 Å². The molecule has 2 N–H and O–H groups in total. The SMILES string of the molecule is O=C(NCC1(c2cccc(-c3ccccc3)c2)CCOCC1)c1cncc(C2N=C(C(F)(F)F)ON2)c1. The highest BCUT2D eigenvalue weighted by atomic mass is 19.4. The molecule has 5 rings (SSSR count). The Bertz CT molecular complexity index is 1290. The Kier molecular flexibility index (Phi) is 6.94. The summed E-state index contributed by atoms with van der Waals surface area (Å²) in [6.45, 7) is 1.53. The summed E-state index contributed by atoms with van der Waals surface area (Å²) >= 11 is 0. The zero-order valence-corrected chi connectivity index (χ0v) is 19.8. The third-order valence-corrected chi connectivity index (χ3v) is 6.71. The van der Waals surface area contributed by atoms with Gasteiger partial charge in [-0.15, -0.1) is 5.48 Å². The third kappa shape index (κ3) is 5.50. The maximum atomic E-state index is 13.1. The first-order valence-electron chi connectivity index (χ1n) is 11.9. The van der Waals surface area contributed by atoms with E-state index in [-0.39, 0.29) is 22.4 Å². The largest absolute Gasteiger partial charge is 0.470 e. The molecular weight excluding hydrogens is 485 g/mol. The number of rotatable bonds is 6. The summed E-state index contributed by atoms with van der Waals surface area (Å²) in [5.74, 6) is -1.75. The lowest BCUT2D eigenvalue weighted by atomic mass is 9.73. The Hall–Kier alpha value is -3.76. The van der Waals surface area contributed by atoms with Crippen molar-refractivity contribution in [1.29, 1.82) is 0 Å². The van der Waals surface area contributed by atoms with E-state index in [0.717, 1.165) is 29.5 Å². The number of aromatic nitrogens is 1. The number of nitrogens with one attached hydrogen (secondary N) is 2. The molecular formula is C27H25F3N4O3. The topological polar surface area (TPSA) is 84.8 Å². The number of alkyl halides is 3. The highest BCUT2D eigenvalue weighted by molar-refractivity contribution is 5.94. The molecule has 0 saturated carbocycles. The quantitative estimate of drug-likeness (QED) is 0.501. The molecule has 0 radical (unpaired) electrons. The number of amides is 1. The number of nitrogens with zero attached hydrogens (tertiary/aromatic N) is 2. The van der Waals surface area contributed by atoms with Crippen molar-refractivity contribution in [3.63, 3.8) is 0 Å². The molecule has 2 aromatic carbocycles. The lowest BCUT2D eigenvalue weighted by Crippen LogP contribution is -2.44. The van der Waals surface area contributed by atoms with E-state index in [0.29, 0.717) is 19.8 Å². The van der Waals surface area contributed by atoms with Crippen LogP contribution in [0, 0.1) is 0 Å². The predicted molar refractivity (Wildman–Crippen MR) is 131 cm³/mol. The van der Waals surface area contributed by atoms with Gasteiger partial charge in [0.1, 0.15) is 0 Å². The van der Waals surface area contributed by atoms with Crippen molar-refractivity contribution in [1.82, 2.24) is 15.8 Å². The number of hydroxylamine groups is 1. The van der Waals surface area contributed by atoms with E-state index in [4.69, 9.17) is 4.74 Å². The number of hydrogen-bond acceptors (Lipinski definition) is 6. The maximum absolute atomic E-state index is 13.1. The fraction of sp³-hybridized carbons (Fsp3) is 0.296. The predicted octanol–water partition coefficient (Wildman–Crippen LogP) is 4.72. The Morgan fingerprint density at radius 3 is 2.51 bits per heavy atom. The normalized spacial score (nSPS) is 19.1. The van der Waals surface area contributed by atoms with E-state index < -0.39 is 18.2 Å². The second-order valence-corrected chi connectivity index (χ2v) is 9.08. The van der Waals surface area contributed by atoms with Crippen molar-refractivity contribution in [3.8, 4) is 11.1 Å². The van der Waals surface area contributed by atoms with Crippen molar-refractivity contribution >= 4 is 11.8 Å². The van der Waals surface area contributed by atoms with E-state index in [1.807, 2.05) is 24.3 Å². The van der Waals surface area contributed by atoms with Crippen LogP contribution in [0.4, 0.5) is 13.2 Å². The number of hydrogen-bond donors (Lipinski definition) is 2. The van der Waals surface area contributed by atoms with Crippen molar-refractivity contribution in [2.45, 2.75) is 30.6 Å². The number of carbonyl (C=O) groups excluding carboxylic acids is 1. The molecule has 1 saturated heterocycles. The van der Waals surface area contributed by atoms with Gasteiger partial charge in [0, 0.05) is 43.1 Å². The number of benzene rings is 2. The Morgan fingerprint density at radius 2 is 1.78 bits per heavy atom. The molecule has 0 bridgehead atoms. The first-order chi connectivity index (χ1) is 17.8. The molecule has 2 aliphatic rings. The van der Waals surface area contributed by atoms with Crippen molar-refractivity contribution in [2.75, 3.05) is 19.8 Å². The van der Waals surface area contributed by atoms with Gasteiger partial charge in [-0.2, -0.15) is 13.2 Å². The minimum absolute atomic E-state index is 0.218. The zero-order chi connectivity index (χ0) is 25.9. The molecule has 1 unspecified atom stereocenters. The van der Waals surface area contributed by atoms with Crippen LogP contribution in [0.25, 0.3) is 11.1 Å². The van der Waals surface area contributed by atoms with Gasteiger partial charge in [0.25, 0.3) is 5.91 Å². The minimum Gasteiger partial charge on any atom is -0.381 e. The summed E-state index contributed by atoms with van der Waals surface area (Å²) in [4.78, 5) is 25.1. The van der Waals surface area contributed by atoms with E-state index in [2.05, 4.69) is 55.9 Å². The molecule has 1 aromatic heterocycles. The molecule has 10 heteroatoms. The molecule has 0 aliphatic carbocycles. The minimum atomic E-state index is -4.71. The molecule has 1 amide bonds. The average molecular weight is 511 g/mol. The van der Waals surface area contributed by atoms with Crippen molar-refractivity contribution < 1.29 is 27.5 Å². The van der Waals surface area contributed by atoms with Crippen LogP contribution in [0.3, 0.4) is 0 Å². The monoisotopic (exact) mass is 510 g/mol. The van der Waals surface area contributed by atoms with Gasteiger partial charge in [0.2, 0.25) is 0 Å². The van der Waals surface area contributed by atoms with Crippen LogP contribution >= 0.6 is 0 Å². The van der Waals surface area contributed by atoms with Gasteiger partial charge in [-0.1, -0.05) is 54.6 Å². The molecule has 2 aliphatic heterocycles. The molecule has 192 valence electrons. The summed E-state index contributed by atoms with van der Waals surface area (Å²) in [5.41, 5.74) is 5.71. The molecule has 37 heavy (non-hydrogen) atoms. The first kappa shape index (κ1) is 24.9. The van der Waals surface area contributed by atoms with Gasteiger partial charge >= 0.3 is 12.1 Å². The van der Waals surface area contributed by atoms with E-state index in [1.54, 1.807) is 0 Å². The fourth-order valence-corrected chi connectivity index (χ4v) is 4.63. The van der Waals surface area contributed by atoms with Crippen LogP contribution in [-0.2, 0) is 15.0 Å². The van der Waals surface area contributed by atoms with Crippen LogP contribution < -0.4 is 10.8 Å². The highest BCUT2D eigenvalue weighted by Crippen LogP contribution is 2.36. The lowest BCUT2D eigenvalue weighted by Gasteiger charge is -2.38. The van der Waals surface area contributed by atoms with Gasteiger partial charge in [-0.05, 0) is 35.6 Å².